The smallest absolute Gasteiger partial charge is 0.122 e. The van der Waals surface area contributed by atoms with E-state index < -0.39 is 0 Å². The molecule has 0 spiro atoms. The summed E-state index contributed by atoms with van der Waals surface area (Å²) in [5.41, 5.74) is 7.88. The van der Waals surface area contributed by atoms with Crippen LogP contribution < -0.4 is 0 Å². The largest absolute Gasteiger partial charge is 0.496 e. The maximum absolute atomic E-state index is 6.46. The molecule has 0 heterocycles. The van der Waals surface area contributed by atoms with Crippen molar-refractivity contribution < 1.29 is 9.47 Å². The highest BCUT2D eigenvalue weighted by Crippen LogP contribution is 2.58. The van der Waals surface area contributed by atoms with E-state index in [-0.39, 0.29) is 11.6 Å². The fraction of sp³-hybridized carbons (Fsp3) is 0.400. The highest BCUT2D eigenvalue weighted by molar-refractivity contribution is 5.87. The van der Waals surface area contributed by atoms with E-state index in [2.05, 4.69) is 99.6 Å². The third-order valence-electron chi connectivity index (χ3n) is 7.58. The van der Waals surface area contributed by atoms with E-state index in [9.17, 15) is 0 Å². The summed E-state index contributed by atoms with van der Waals surface area (Å²) in [6, 6.07) is 19.6. The average Bonchev–Trinajstić information content (AvgIpc) is 3.37. The van der Waals surface area contributed by atoms with Crippen LogP contribution in [0.2, 0.25) is 0 Å². The topological polar surface area (TPSA) is 21.7 Å². The maximum Gasteiger partial charge on any atom is 0.122 e. The second kappa shape index (κ2) is 8.96. The third kappa shape index (κ3) is 3.41. The Morgan fingerprint density at radius 1 is 0.970 bits per heavy atom. The molecule has 2 aromatic rings. The van der Waals surface area contributed by atoms with Crippen LogP contribution in [0.4, 0.5) is 0 Å². The minimum Gasteiger partial charge on any atom is -0.496 e. The van der Waals surface area contributed by atoms with Crippen molar-refractivity contribution in [3.63, 3.8) is 0 Å². The molecule has 0 amide bonds. The van der Waals surface area contributed by atoms with Gasteiger partial charge in [-0.15, -0.1) is 0 Å². The molecule has 172 valence electrons. The first-order valence-electron chi connectivity index (χ1n) is 12.4. The number of rotatable bonds is 7. The van der Waals surface area contributed by atoms with Crippen molar-refractivity contribution in [2.75, 3.05) is 27.3 Å². The Bertz CT molecular complexity index is 1110. The molecule has 0 radical (unpaired) electrons. The molecule has 0 N–H and O–H groups in total. The van der Waals surface area contributed by atoms with Crippen molar-refractivity contribution in [3.8, 4) is 0 Å². The normalized spacial score (nSPS) is 26.2. The standard InChI is InChI=1S/C30H35NO2/c1-5-32-28-19-25(22-15-10-11-16-23(22)28)27-18-12-17-26-24(21-13-8-7-9-14-21)20-29(33-6-2)30(26,27)31(3)4/h7-11,13-16,19-20,27-28H,5-6,12,17-18H2,1-4H3. The Hall–Kier alpha value is -2.62. The molecular weight excluding hydrogens is 406 g/mol. The van der Waals surface area contributed by atoms with E-state index in [0.717, 1.165) is 18.6 Å². The van der Waals surface area contributed by atoms with Gasteiger partial charge in [0.05, 0.1) is 6.61 Å². The summed E-state index contributed by atoms with van der Waals surface area (Å²) >= 11 is 0. The molecule has 1 fully saturated rings. The summed E-state index contributed by atoms with van der Waals surface area (Å²) in [6.07, 6.45) is 8.15. The first kappa shape index (κ1) is 22.2. The molecule has 3 aliphatic carbocycles. The molecule has 3 heteroatoms. The van der Waals surface area contributed by atoms with E-state index in [1.165, 1.54) is 39.8 Å². The second-order valence-electron chi connectivity index (χ2n) is 9.39. The van der Waals surface area contributed by atoms with Crippen molar-refractivity contribution in [1.29, 1.82) is 0 Å². The Morgan fingerprint density at radius 2 is 1.73 bits per heavy atom. The molecule has 3 aliphatic rings. The summed E-state index contributed by atoms with van der Waals surface area (Å²) < 4.78 is 12.6. The van der Waals surface area contributed by atoms with Gasteiger partial charge in [0, 0.05) is 12.5 Å². The Kier molecular flexibility index (Phi) is 6.03. The first-order chi connectivity index (χ1) is 16.1. The predicted octanol–water partition coefficient (Wildman–Crippen LogP) is 6.65. The van der Waals surface area contributed by atoms with Gasteiger partial charge in [-0.05, 0) is 92.8 Å². The van der Waals surface area contributed by atoms with Crippen molar-refractivity contribution in [2.24, 2.45) is 5.92 Å². The summed E-state index contributed by atoms with van der Waals surface area (Å²) in [5, 5.41) is 0. The van der Waals surface area contributed by atoms with Crippen LogP contribution in [0.25, 0.3) is 11.1 Å². The Morgan fingerprint density at radius 3 is 2.45 bits per heavy atom. The number of fused-ring (bicyclic) bond motifs is 2. The highest BCUT2D eigenvalue weighted by Gasteiger charge is 2.56. The van der Waals surface area contributed by atoms with E-state index in [0.29, 0.717) is 19.1 Å². The molecule has 1 saturated carbocycles. The van der Waals surface area contributed by atoms with E-state index in [4.69, 9.17) is 9.47 Å². The number of allylic oxidation sites excluding steroid dienone is 2. The van der Waals surface area contributed by atoms with Gasteiger partial charge in [0.15, 0.2) is 0 Å². The molecule has 0 saturated heterocycles. The molecule has 2 aromatic carbocycles. The lowest BCUT2D eigenvalue weighted by atomic mass is 9.64. The van der Waals surface area contributed by atoms with Crippen LogP contribution in [0.3, 0.4) is 0 Å². The van der Waals surface area contributed by atoms with Crippen molar-refractivity contribution in [3.05, 3.63) is 94.8 Å². The quantitative estimate of drug-likeness (QED) is 0.480. The Labute approximate surface area is 198 Å². The van der Waals surface area contributed by atoms with Gasteiger partial charge in [0.1, 0.15) is 17.4 Å². The SMILES string of the molecule is CCOC1=CC(c2ccccc2)=C2CCCC(C3=CC(OCC)c4ccccc43)C12N(C)C. The molecule has 0 aromatic heterocycles. The lowest BCUT2D eigenvalue weighted by molar-refractivity contribution is 0.0736. The molecule has 33 heavy (non-hydrogen) atoms. The van der Waals surface area contributed by atoms with Crippen LogP contribution in [-0.2, 0) is 9.47 Å². The van der Waals surface area contributed by atoms with Crippen LogP contribution in [0.5, 0.6) is 0 Å². The van der Waals surface area contributed by atoms with Gasteiger partial charge in [-0.3, -0.25) is 4.90 Å². The minimum atomic E-state index is -0.278. The molecule has 3 unspecified atom stereocenters. The molecular formula is C30H35NO2. The van der Waals surface area contributed by atoms with Crippen LogP contribution >= 0.6 is 0 Å². The number of likely N-dealkylation sites (N-methyl/N-ethyl adjacent to an activating group) is 1. The average molecular weight is 442 g/mol. The molecule has 3 nitrogen and oxygen atoms in total. The summed E-state index contributed by atoms with van der Waals surface area (Å²) in [4.78, 5) is 2.42. The fourth-order valence-electron chi connectivity index (χ4n) is 6.42. The van der Waals surface area contributed by atoms with Gasteiger partial charge in [0.2, 0.25) is 0 Å². The van der Waals surface area contributed by atoms with Crippen molar-refractivity contribution in [2.45, 2.75) is 44.8 Å². The van der Waals surface area contributed by atoms with Crippen molar-refractivity contribution in [1.82, 2.24) is 4.90 Å². The fourth-order valence-corrected chi connectivity index (χ4v) is 6.42. The molecule has 3 atom stereocenters. The van der Waals surface area contributed by atoms with E-state index in [1.807, 2.05) is 0 Å². The monoisotopic (exact) mass is 441 g/mol. The van der Waals surface area contributed by atoms with Crippen molar-refractivity contribution >= 4 is 11.1 Å². The maximum atomic E-state index is 6.46. The minimum absolute atomic E-state index is 0.0317. The van der Waals surface area contributed by atoms with Crippen LogP contribution in [-0.4, -0.2) is 37.7 Å². The van der Waals surface area contributed by atoms with Gasteiger partial charge in [-0.2, -0.15) is 0 Å². The number of benzene rings is 2. The number of hydrogen-bond donors (Lipinski definition) is 0. The molecule has 5 rings (SSSR count). The van der Waals surface area contributed by atoms with Crippen LogP contribution in [0, 0.1) is 5.92 Å². The number of nitrogens with zero attached hydrogens (tertiary/aromatic N) is 1. The summed E-state index contributed by atoms with van der Waals surface area (Å²) in [6.45, 7) is 5.55. The number of hydrogen-bond acceptors (Lipinski definition) is 3. The molecule has 0 bridgehead atoms. The lowest BCUT2D eigenvalue weighted by Gasteiger charge is -2.50. The van der Waals surface area contributed by atoms with Crippen LogP contribution in [0.15, 0.2) is 78.1 Å². The third-order valence-corrected chi connectivity index (χ3v) is 7.58. The predicted molar refractivity (Wildman–Crippen MR) is 136 cm³/mol. The van der Waals surface area contributed by atoms with Gasteiger partial charge in [-0.1, -0.05) is 54.6 Å². The zero-order chi connectivity index (χ0) is 23.0. The van der Waals surface area contributed by atoms with Gasteiger partial charge < -0.3 is 9.47 Å². The summed E-state index contributed by atoms with van der Waals surface area (Å²) in [5.74, 6) is 1.40. The highest BCUT2D eigenvalue weighted by atomic mass is 16.5. The van der Waals surface area contributed by atoms with Gasteiger partial charge in [-0.25, -0.2) is 0 Å². The Balaban J connectivity index is 1.71. The second-order valence-corrected chi connectivity index (χ2v) is 9.39. The van der Waals surface area contributed by atoms with Crippen LogP contribution in [0.1, 0.15) is 55.9 Å². The molecule has 0 aliphatic heterocycles. The van der Waals surface area contributed by atoms with E-state index >= 15 is 0 Å². The number of ether oxygens (including phenoxy) is 2. The zero-order valence-electron chi connectivity index (χ0n) is 20.3. The zero-order valence-corrected chi connectivity index (χ0v) is 20.3. The van der Waals surface area contributed by atoms with Gasteiger partial charge >= 0.3 is 0 Å². The summed E-state index contributed by atoms with van der Waals surface area (Å²) in [7, 11) is 4.45. The van der Waals surface area contributed by atoms with E-state index in [1.54, 1.807) is 0 Å². The van der Waals surface area contributed by atoms with Gasteiger partial charge in [0.25, 0.3) is 0 Å². The first-order valence-corrected chi connectivity index (χ1v) is 12.4. The lowest BCUT2D eigenvalue weighted by Crippen LogP contribution is -2.54.